The molecule has 2 amide bonds. The highest BCUT2D eigenvalue weighted by Crippen LogP contribution is 2.14. The molecule has 1 aliphatic rings. The van der Waals surface area contributed by atoms with Gasteiger partial charge in [0, 0.05) is 37.4 Å². The molecule has 8 nitrogen and oxygen atoms in total. The molecule has 2 heterocycles. The van der Waals surface area contributed by atoms with Crippen LogP contribution < -0.4 is 10.2 Å². The van der Waals surface area contributed by atoms with Crippen LogP contribution in [0.2, 0.25) is 0 Å². The lowest BCUT2D eigenvalue weighted by Gasteiger charge is -2.32. The van der Waals surface area contributed by atoms with Crippen LogP contribution in [-0.4, -0.2) is 59.4 Å². The van der Waals surface area contributed by atoms with Crippen molar-refractivity contribution in [1.82, 2.24) is 15.1 Å². The minimum Gasteiger partial charge on any atom is -0.352 e. The summed E-state index contributed by atoms with van der Waals surface area (Å²) in [5.41, 5.74) is 1.24. The number of ketones is 1. The van der Waals surface area contributed by atoms with Gasteiger partial charge in [0.15, 0.2) is 17.3 Å². The smallest absolute Gasteiger partial charge is 0.276 e. The van der Waals surface area contributed by atoms with Crippen LogP contribution in [0.4, 0.5) is 11.5 Å². The Bertz CT molecular complexity index is 814. The summed E-state index contributed by atoms with van der Waals surface area (Å²) in [4.78, 5) is 38.2. The standard InChI is InChI=1S/C18H19N5O3/c1-13(25)14-3-2-4-15(11-14)19-18(26)16-5-6-17(21-20-16)23-9-7-22(12-24)8-10-23/h2-6,11-12H,7-10H2,1H3,(H,19,26). The summed E-state index contributed by atoms with van der Waals surface area (Å²) in [6.07, 6.45) is 0.845. The molecule has 1 aliphatic heterocycles. The Kier molecular flexibility index (Phi) is 5.21. The highest BCUT2D eigenvalue weighted by atomic mass is 16.2. The average molecular weight is 353 g/mol. The molecule has 0 spiro atoms. The van der Waals surface area contributed by atoms with Crippen LogP contribution in [0, 0.1) is 0 Å². The van der Waals surface area contributed by atoms with Crippen LogP contribution >= 0.6 is 0 Å². The van der Waals surface area contributed by atoms with Gasteiger partial charge in [-0.25, -0.2) is 0 Å². The second-order valence-corrected chi connectivity index (χ2v) is 6.00. The lowest BCUT2D eigenvalue weighted by molar-refractivity contribution is -0.118. The fourth-order valence-electron chi connectivity index (χ4n) is 2.68. The van der Waals surface area contributed by atoms with E-state index < -0.39 is 5.91 Å². The Labute approximate surface area is 150 Å². The first kappa shape index (κ1) is 17.5. The molecule has 0 bridgehead atoms. The van der Waals surface area contributed by atoms with E-state index in [1.54, 1.807) is 41.3 Å². The van der Waals surface area contributed by atoms with Crippen LogP contribution in [-0.2, 0) is 4.79 Å². The maximum atomic E-state index is 12.3. The van der Waals surface area contributed by atoms with E-state index in [0.717, 1.165) is 6.41 Å². The van der Waals surface area contributed by atoms with Crippen molar-refractivity contribution in [1.29, 1.82) is 0 Å². The molecule has 0 unspecified atom stereocenters. The number of rotatable bonds is 5. The molecule has 1 saturated heterocycles. The van der Waals surface area contributed by atoms with Crippen molar-refractivity contribution in [3.05, 3.63) is 47.7 Å². The van der Waals surface area contributed by atoms with Crippen molar-refractivity contribution in [2.75, 3.05) is 36.4 Å². The number of Topliss-reactive ketones (excluding diaryl/α,β-unsaturated/α-hetero) is 1. The molecule has 0 atom stereocenters. The summed E-state index contributed by atoms with van der Waals surface area (Å²) in [6, 6.07) is 10.1. The van der Waals surface area contributed by atoms with Gasteiger partial charge >= 0.3 is 0 Å². The van der Waals surface area contributed by atoms with Crippen LogP contribution in [0.5, 0.6) is 0 Å². The molecule has 8 heteroatoms. The number of nitrogens with one attached hydrogen (secondary N) is 1. The Morgan fingerprint density at radius 1 is 1.08 bits per heavy atom. The van der Waals surface area contributed by atoms with Crippen LogP contribution in [0.25, 0.3) is 0 Å². The number of hydrogen-bond donors (Lipinski definition) is 1. The molecule has 1 N–H and O–H groups in total. The van der Waals surface area contributed by atoms with Gasteiger partial charge in [-0.1, -0.05) is 12.1 Å². The minimum atomic E-state index is -0.393. The van der Waals surface area contributed by atoms with Gasteiger partial charge < -0.3 is 15.1 Å². The van der Waals surface area contributed by atoms with Crippen LogP contribution in [0.1, 0.15) is 27.8 Å². The van der Waals surface area contributed by atoms with Crippen LogP contribution in [0.15, 0.2) is 36.4 Å². The number of carbonyl (C=O) groups excluding carboxylic acids is 3. The highest BCUT2D eigenvalue weighted by molar-refractivity contribution is 6.03. The molecule has 0 radical (unpaired) electrons. The quantitative estimate of drug-likeness (QED) is 0.641. The number of anilines is 2. The normalized spacial score (nSPS) is 14.0. The number of hydrogen-bond acceptors (Lipinski definition) is 6. The number of aromatic nitrogens is 2. The summed E-state index contributed by atoms with van der Waals surface area (Å²) in [5.74, 6) is 0.209. The molecule has 2 aromatic rings. The first-order chi connectivity index (χ1) is 12.6. The summed E-state index contributed by atoms with van der Waals surface area (Å²) in [6.45, 7) is 4.10. The van der Waals surface area contributed by atoms with Gasteiger partial charge in [0.05, 0.1) is 0 Å². The second kappa shape index (κ2) is 7.73. The predicted molar refractivity (Wildman–Crippen MR) is 96.3 cm³/mol. The van der Waals surface area contributed by atoms with Gasteiger partial charge in [-0.05, 0) is 31.2 Å². The fraction of sp³-hybridized carbons (Fsp3) is 0.278. The SMILES string of the molecule is CC(=O)c1cccc(NC(=O)c2ccc(N3CCN(C=O)CC3)nn2)c1. The number of piperazine rings is 1. The van der Waals surface area contributed by atoms with Crippen molar-refractivity contribution in [2.45, 2.75) is 6.92 Å². The summed E-state index contributed by atoms with van der Waals surface area (Å²) in [7, 11) is 0. The van der Waals surface area contributed by atoms with Crippen LogP contribution in [0.3, 0.4) is 0 Å². The Hall–Kier alpha value is -3.29. The average Bonchev–Trinajstić information content (AvgIpc) is 2.68. The van der Waals surface area contributed by atoms with Crippen molar-refractivity contribution in [3.8, 4) is 0 Å². The van der Waals surface area contributed by atoms with E-state index in [1.807, 2.05) is 4.90 Å². The Morgan fingerprint density at radius 2 is 1.85 bits per heavy atom. The zero-order valence-corrected chi connectivity index (χ0v) is 14.4. The zero-order valence-electron chi connectivity index (χ0n) is 14.4. The van der Waals surface area contributed by atoms with Crippen molar-refractivity contribution < 1.29 is 14.4 Å². The molecule has 1 aromatic carbocycles. The summed E-state index contributed by atoms with van der Waals surface area (Å²) >= 11 is 0. The van der Waals surface area contributed by atoms with Gasteiger partial charge in [0.2, 0.25) is 6.41 Å². The molecule has 134 valence electrons. The molecule has 1 aromatic heterocycles. The molecule has 26 heavy (non-hydrogen) atoms. The third kappa shape index (κ3) is 4.02. The van der Waals surface area contributed by atoms with Gasteiger partial charge in [-0.2, -0.15) is 0 Å². The van der Waals surface area contributed by atoms with Crippen molar-refractivity contribution >= 4 is 29.6 Å². The first-order valence-corrected chi connectivity index (χ1v) is 8.27. The zero-order chi connectivity index (χ0) is 18.5. The number of amides is 2. The number of nitrogens with zero attached hydrogens (tertiary/aromatic N) is 4. The third-order valence-corrected chi connectivity index (χ3v) is 4.20. The van der Waals surface area contributed by atoms with E-state index in [4.69, 9.17) is 0 Å². The number of benzene rings is 1. The van der Waals surface area contributed by atoms with Gasteiger partial charge in [0.1, 0.15) is 0 Å². The predicted octanol–water partition coefficient (Wildman–Crippen LogP) is 1.21. The van der Waals surface area contributed by atoms with E-state index >= 15 is 0 Å². The van der Waals surface area contributed by atoms with Gasteiger partial charge in [0.25, 0.3) is 5.91 Å². The fourth-order valence-corrected chi connectivity index (χ4v) is 2.68. The summed E-state index contributed by atoms with van der Waals surface area (Å²) in [5, 5.41) is 10.8. The van der Waals surface area contributed by atoms with E-state index in [1.165, 1.54) is 6.92 Å². The van der Waals surface area contributed by atoms with Gasteiger partial charge in [-0.3, -0.25) is 14.4 Å². The number of carbonyl (C=O) groups is 3. The molecule has 0 aliphatic carbocycles. The maximum absolute atomic E-state index is 12.3. The van der Waals surface area contributed by atoms with Crippen molar-refractivity contribution in [3.63, 3.8) is 0 Å². The van der Waals surface area contributed by atoms with Crippen molar-refractivity contribution in [2.24, 2.45) is 0 Å². The van der Waals surface area contributed by atoms with E-state index in [2.05, 4.69) is 15.5 Å². The highest BCUT2D eigenvalue weighted by Gasteiger charge is 2.18. The Morgan fingerprint density at radius 3 is 2.46 bits per heavy atom. The monoisotopic (exact) mass is 353 g/mol. The molecular formula is C18H19N5O3. The van der Waals surface area contributed by atoms with E-state index in [-0.39, 0.29) is 11.5 Å². The van der Waals surface area contributed by atoms with E-state index in [0.29, 0.717) is 43.2 Å². The Balaban J connectivity index is 1.65. The topological polar surface area (TPSA) is 95.5 Å². The molecule has 3 rings (SSSR count). The third-order valence-electron chi connectivity index (χ3n) is 4.20. The minimum absolute atomic E-state index is 0.0695. The largest absolute Gasteiger partial charge is 0.352 e. The lowest BCUT2D eigenvalue weighted by atomic mass is 10.1. The molecule has 1 fully saturated rings. The molecule has 0 saturated carbocycles. The maximum Gasteiger partial charge on any atom is 0.276 e. The lowest BCUT2D eigenvalue weighted by Crippen LogP contribution is -2.46. The molecular weight excluding hydrogens is 334 g/mol. The second-order valence-electron chi connectivity index (χ2n) is 6.00. The van der Waals surface area contributed by atoms with Gasteiger partial charge in [-0.15, -0.1) is 10.2 Å². The first-order valence-electron chi connectivity index (χ1n) is 8.27. The van der Waals surface area contributed by atoms with E-state index in [9.17, 15) is 14.4 Å². The summed E-state index contributed by atoms with van der Waals surface area (Å²) < 4.78 is 0.